The van der Waals surface area contributed by atoms with E-state index in [0.29, 0.717) is 5.69 Å². The van der Waals surface area contributed by atoms with E-state index >= 15 is 0 Å². The lowest BCUT2D eigenvalue weighted by Gasteiger charge is -2.04. The Labute approximate surface area is 180 Å². The fourth-order valence-electron chi connectivity index (χ4n) is 2.94. The van der Waals surface area contributed by atoms with Crippen LogP contribution in [0, 0.1) is 10.1 Å². The molecule has 4 aromatic rings. The van der Waals surface area contributed by atoms with Crippen molar-refractivity contribution in [2.45, 2.75) is 4.90 Å². The van der Waals surface area contributed by atoms with Crippen molar-refractivity contribution in [1.29, 1.82) is 0 Å². The summed E-state index contributed by atoms with van der Waals surface area (Å²) >= 11 is 0. The predicted molar refractivity (Wildman–Crippen MR) is 107 cm³/mol. The molecule has 0 spiro atoms. The van der Waals surface area contributed by atoms with E-state index in [0.717, 1.165) is 0 Å². The van der Waals surface area contributed by atoms with Crippen molar-refractivity contribution in [2.24, 2.45) is 0 Å². The van der Waals surface area contributed by atoms with Crippen LogP contribution in [0.15, 0.2) is 65.8 Å². The molecule has 0 aliphatic heterocycles. The van der Waals surface area contributed by atoms with Crippen molar-refractivity contribution in [3.05, 3.63) is 71.0 Å². The van der Waals surface area contributed by atoms with Crippen molar-refractivity contribution in [3.8, 4) is 28.5 Å². The van der Waals surface area contributed by atoms with Crippen LogP contribution in [0.1, 0.15) is 0 Å². The molecule has 0 unspecified atom stereocenters. The van der Waals surface area contributed by atoms with Crippen LogP contribution < -0.4 is 9.53 Å². The lowest BCUT2D eigenvalue weighted by atomic mass is 10.2. The van der Waals surface area contributed by atoms with Crippen LogP contribution in [0.3, 0.4) is 0 Å². The number of nitro benzene ring substituents is 1. The second-order valence-corrected chi connectivity index (χ2v) is 7.68. The molecule has 14 heteroatoms. The van der Waals surface area contributed by atoms with E-state index in [1.807, 2.05) is 0 Å². The molecule has 0 bridgehead atoms. The summed E-state index contributed by atoms with van der Waals surface area (Å²) < 4.78 is 38.6. The Morgan fingerprint density at radius 1 is 1.16 bits per heavy atom. The molecule has 0 aliphatic carbocycles. The molecular weight excluding hydrogens is 442 g/mol. The number of ether oxygens (including phenoxy) is 1. The van der Waals surface area contributed by atoms with E-state index in [-0.39, 0.29) is 33.4 Å². The highest BCUT2D eigenvalue weighted by Crippen LogP contribution is 2.27. The number of aromatic nitrogens is 6. The monoisotopic (exact) mass is 456 g/mol. The zero-order valence-electron chi connectivity index (χ0n) is 16.3. The molecule has 13 nitrogen and oxygen atoms in total. The van der Waals surface area contributed by atoms with Crippen LogP contribution >= 0.6 is 0 Å². The van der Waals surface area contributed by atoms with E-state index < -0.39 is 15.0 Å². The molecule has 2 heterocycles. The van der Waals surface area contributed by atoms with Crippen LogP contribution in [-0.4, -0.2) is 50.2 Å². The van der Waals surface area contributed by atoms with Crippen molar-refractivity contribution in [2.75, 3.05) is 7.11 Å². The number of hydrogen-bond donors (Lipinski definition) is 1. The maximum atomic E-state index is 11.8. The standard InChI is InChI=1S/C18H13N7O6S/c1-31-16-10-12(25(26)27)6-7-15(16)24-22-18(21-23(24)13-8-9-19-20-11-13)14-4-2-3-5-17(14)32(28,29)30/h2-11H,1H3/p+1. The van der Waals surface area contributed by atoms with Gasteiger partial charge >= 0.3 is 5.82 Å². The largest absolute Gasteiger partial charge is 0.492 e. The average molecular weight is 456 g/mol. The molecular formula is C18H14N7O6S+. The Morgan fingerprint density at radius 3 is 2.59 bits per heavy atom. The normalized spacial score (nSPS) is 11.3. The highest BCUT2D eigenvalue weighted by molar-refractivity contribution is 7.86. The molecule has 0 fully saturated rings. The van der Waals surface area contributed by atoms with Gasteiger partial charge in [0.1, 0.15) is 4.90 Å². The average Bonchev–Trinajstić information content (AvgIpc) is 3.23. The summed E-state index contributed by atoms with van der Waals surface area (Å²) in [6, 6.07) is 11.1. The van der Waals surface area contributed by atoms with Crippen LogP contribution in [0.4, 0.5) is 5.69 Å². The lowest BCUT2D eigenvalue weighted by Crippen LogP contribution is -2.43. The Bertz CT molecular complexity index is 1420. The van der Waals surface area contributed by atoms with Gasteiger partial charge in [-0.3, -0.25) is 14.7 Å². The molecule has 0 radical (unpaired) electrons. The maximum absolute atomic E-state index is 11.8. The van der Waals surface area contributed by atoms with Gasteiger partial charge in [0.05, 0.1) is 41.2 Å². The number of methoxy groups -OCH3 is 1. The molecule has 4 rings (SSSR count). The minimum Gasteiger partial charge on any atom is -0.492 e. The van der Waals surface area contributed by atoms with Gasteiger partial charge in [-0.1, -0.05) is 12.1 Å². The molecule has 32 heavy (non-hydrogen) atoms. The zero-order chi connectivity index (χ0) is 22.9. The molecule has 0 saturated heterocycles. The number of benzene rings is 2. The van der Waals surface area contributed by atoms with Crippen LogP contribution in [0.25, 0.3) is 22.8 Å². The summed E-state index contributed by atoms with van der Waals surface area (Å²) in [6.07, 6.45) is 2.81. The lowest BCUT2D eigenvalue weighted by molar-refractivity contribution is -0.734. The Kier molecular flexibility index (Phi) is 5.29. The van der Waals surface area contributed by atoms with Gasteiger partial charge in [-0.15, -0.1) is 0 Å². The minimum absolute atomic E-state index is 0.0459. The first-order chi connectivity index (χ1) is 15.3. The number of nitro groups is 1. The first kappa shape index (κ1) is 21.0. The Hall–Kier alpha value is -4.30. The molecule has 0 saturated carbocycles. The quantitative estimate of drug-likeness (QED) is 0.192. The van der Waals surface area contributed by atoms with E-state index in [2.05, 4.69) is 20.4 Å². The van der Waals surface area contributed by atoms with Gasteiger partial charge < -0.3 is 4.74 Å². The van der Waals surface area contributed by atoms with Gasteiger partial charge in [-0.05, 0) is 28.1 Å². The molecule has 2 aromatic heterocycles. The molecule has 0 aliphatic rings. The zero-order valence-corrected chi connectivity index (χ0v) is 17.1. The van der Waals surface area contributed by atoms with Crippen LogP contribution in [-0.2, 0) is 10.1 Å². The number of rotatable bonds is 6. The highest BCUT2D eigenvalue weighted by atomic mass is 32.2. The summed E-state index contributed by atoms with van der Waals surface area (Å²) in [7, 11) is -3.22. The van der Waals surface area contributed by atoms with E-state index in [1.165, 1.54) is 65.5 Å². The van der Waals surface area contributed by atoms with Gasteiger partial charge in [-0.2, -0.15) is 18.6 Å². The van der Waals surface area contributed by atoms with Gasteiger partial charge in [0, 0.05) is 16.9 Å². The fraction of sp³-hybridized carbons (Fsp3) is 0.0556. The van der Waals surface area contributed by atoms with Gasteiger partial charge in [0.15, 0.2) is 11.4 Å². The second-order valence-electron chi connectivity index (χ2n) is 6.29. The third-order valence-corrected chi connectivity index (χ3v) is 5.27. The number of non-ortho nitro benzene ring substituents is 1. The summed E-state index contributed by atoms with van der Waals surface area (Å²) in [4.78, 5) is 12.7. The van der Waals surface area contributed by atoms with E-state index in [9.17, 15) is 23.1 Å². The molecule has 162 valence electrons. The first-order valence-electron chi connectivity index (χ1n) is 8.86. The second kappa shape index (κ2) is 8.09. The number of nitrogens with zero attached hydrogens (tertiary/aromatic N) is 7. The minimum atomic E-state index is -4.56. The fourth-order valence-corrected chi connectivity index (χ4v) is 3.63. The summed E-state index contributed by atoms with van der Waals surface area (Å²) in [5.74, 6) is 0.0740. The number of tetrazole rings is 1. The molecule has 2 aromatic carbocycles. The van der Waals surface area contributed by atoms with Crippen molar-refractivity contribution in [3.63, 3.8) is 0 Å². The van der Waals surface area contributed by atoms with Gasteiger partial charge in [0.2, 0.25) is 5.69 Å². The Morgan fingerprint density at radius 2 is 1.94 bits per heavy atom. The smallest absolute Gasteiger partial charge is 0.341 e. The molecule has 0 amide bonds. The maximum Gasteiger partial charge on any atom is 0.341 e. The highest BCUT2D eigenvalue weighted by Gasteiger charge is 2.30. The summed E-state index contributed by atoms with van der Waals surface area (Å²) in [6.45, 7) is 0. The van der Waals surface area contributed by atoms with E-state index in [1.54, 1.807) is 12.1 Å². The first-order valence-corrected chi connectivity index (χ1v) is 10.3. The third-order valence-electron chi connectivity index (χ3n) is 4.35. The van der Waals surface area contributed by atoms with E-state index in [4.69, 9.17) is 4.74 Å². The Balaban J connectivity index is 1.99. The molecule has 1 N–H and O–H groups in total. The van der Waals surface area contributed by atoms with Crippen LogP contribution in [0.5, 0.6) is 5.75 Å². The van der Waals surface area contributed by atoms with Crippen molar-refractivity contribution < 1.29 is 27.4 Å². The topological polar surface area (TPSA) is 167 Å². The SMILES string of the molecule is COc1cc([N+](=O)[O-])ccc1-[n+]1nc(-c2ccccc2S(=O)(=O)O)nn1-c1ccnnc1. The van der Waals surface area contributed by atoms with Gasteiger partial charge in [0.25, 0.3) is 15.8 Å². The third kappa shape index (κ3) is 3.86. The van der Waals surface area contributed by atoms with Crippen LogP contribution in [0.2, 0.25) is 0 Å². The van der Waals surface area contributed by atoms with Gasteiger partial charge in [-0.25, -0.2) is 0 Å². The van der Waals surface area contributed by atoms with Crippen molar-refractivity contribution in [1.82, 2.24) is 25.2 Å². The number of hydrogen-bond acceptors (Lipinski definition) is 9. The summed E-state index contributed by atoms with van der Waals surface area (Å²) in [5, 5.41) is 27.4. The molecule has 0 atom stereocenters. The van der Waals surface area contributed by atoms with Crippen molar-refractivity contribution >= 4 is 15.8 Å². The summed E-state index contributed by atoms with van der Waals surface area (Å²) in [5.41, 5.74) is 0.534. The predicted octanol–water partition coefficient (Wildman–Crippen LogP) is 1.16.